The molecule has 0 aliphatic rings. The highest BCUT2D eigenvalue weighted by molar-refractivity contribution is 8.03. The van der Waals surface area contributed by atoms with E-state index in [1.165, 1.54) is 34.9 Å². The third-order valence-electron chi connectivity index (χ3n) is 2.02. The van der Waals surface area contributed by atoms with Crippen molar-refractivity contribution >= 4 is 46.7 Å². The lowest BCUT2D eigenvalue weighted by Crippen LogP contribution is -2.23. The summed E-state index contributed by atoms with van der Waals surface area (Å²) in [6.07, 6.45) is 0. The van der Waals surface area contributed by atoms with Gasteiger partial charge < -0.3 is 9.80 Å². The van der Waals surface area contributed by atoms with Gasteiger partial charge in [0.2, 0.25) is 11.8 Å². The molecule has 0 fully saturated rings. The molecule has 0 unspecified atom stereocenters. The van der Waals surface area contributed by atoms with Crippen LogP contribution in [0.1, 0.15) is 0 Å². The molecule has 1 aromatic heterocycles. The number of aromatic nitrogens is 2. The van der Waals surface area contributed by atoms with Crippen LogP contribution in [0.15, 0.2) is 8.68 Å². The molecule has 0 saturated heterocycles. The van der Waals surface area contributed by atoms with Gasteiger partial charge in [-0.3, -0.25) is 9.59 Å². The second kappa shape index (κ2) is 7.71. The van der Waals surface area contributed by atoms with E-state index in [0.29, 0.717) is 11.5 Å². The van der Waals surface area contributed by atoms with Crippen molar-refractivity contribution < 1.29 is 9.59 Å². The molecule has 0 radical (unpaired) electrons. The highest BCUT2D eigenvalue weighted by Gasteiger charge is 2.11. The Labute approximate surface area is 124 Å². The Kier molecular flexibility index (Phi) is 6.59. The minimum absolute atomic E-state index is 0.0391. The molecular formula is C10H16N4O2S3. The number of amides is 2. The molecule has 0 spiro atoms. The number of carbonyl (C=O) groups excluding carboxylic acids is 2. The zero-order chi connectivity index (χ0) is 14.4. The zero-order valence-corrected chi connectivity index (χ0v) is 13.7. The summed E-state index contributed by atoms with van der Waals surface area (Å²) >= 11 is 4.13. The van der Waals surface area contributed by atoms with Crippen LogP contribution in [0.25, 0.3) is 0 Å². The predicted octanol–water partition coefficient (Wildman–Crippen LogP) is 0.899. The molecule has 6 nitrogen and oxygen atoms in total. The third-order valence-corrected chi connectivity index (χ3v) is 5.18. The van der Waals surface area contributed by atoms with E-state index >= 15 is 0 Å². The molecule has 1 heterocycles. The van der Waals surface area contributed by atoms with Crippen molar-refractivity contribution in [3.63, 3.8) is 0 Å². The van der Waals surface area contributed by atoms with E-state index in [4.69, 9.17) is 0 Å². The first-order chi connectivity index (χ1) is 8.90. The Bertz CT molecular complexity index is 409. The molecule has 2 amide bonds. The molecule has 0 N–H and O–H groups in total. The van der Waals surface area contributed by atoms with E-state index in [1.54, 1.807) is 38.0 Å². The largest absolute Gasteiger partial charge is 0.348 e. The van der Waals surface area contributed by atoms with E-state index in [9.17, 15) is 9.59 Å². The van der Waals surface area contributed by atoms with Gasteiger partial charge in [0, 0.05) is 28.2 Å². The second-order valence-corrected chi connectivity index (χ2v) is 7.41. The fourth-order valence-electron chi connectivity index (χ4n) is 0.819. The maximum Gasteiger partial charge on any atom is 0.232 e. The minimum Gasteiger partial charge on any atom is -0.348 e. The SMILES string of the molecule is CN(C)C(=O)CSc1nnc(SCC(=O)N(C)C)s1. The van der Waals surface area contributed by atoms with Gasteiger partial charge >= 0.3 is 0 Å². The fourth-order valence-corrected chi connectivity index (χ4v) is 3.80. The number of nitrogens with zero attached hydrogens (tertiary/aromatic N) is 4. The summed E-state index contributed by atoms with van der Waals surface area (Å²) in [6.45, 7) is 0. The van der Waals surface area contributed by atoms with Crippen molar-refractivity contribution in [1.82, 2.24) is 20.0 Å². The number of hydrogen-bond acceptors (Lipinski definition) is 7. The summed E-state index contributed by atoms with van der Waals surface area (Å²) in [5.41, 5.74) is 0. The van der Waals surface area contributed by atoms with Crippen molar-refractivity contribution in [3.05, 3.63) is 0 Å². The highest BCUT2D eigenvalue weighted by atomic mass is 32.2. The number of carbonyl (C=O) groups is 2. The maximum atomic E-state index is 11.4. The average molecular weight is 320 g/mol. The summed E-state index contributed by atoms with van der Waals surface area (Å²) in [5, 5.41) is 7.97. The monoisotopic (exact) mass is 320 g/mol. The van der Waals surface area contributed by atoms with Crippen LogP contribution in [0, 0.1) is 0 Å². The van der Waals surface area contributed by atoms with Gasteiger partial charge in [0.1, 0.15) is 0 Å². The lowest BCUT2D eigenvalue weighted by Gasteiger charge is -2.08. The van der Waals surface area contributed by atoms with Crippen molar-refractivity contribution in [2.24, 2.45) is 0 Å². The number of hydrogen-bond donors (Lipinski definition) is 0. The molecule has 0 aromatic carbocycles. The first-order valence-corrected chi connectivity index (χ1v) is 8.18. The van der Waals surface area contributed by atoms with E-state index in [2.05, 4.69) is 10.2 Å². The predicted molar refractivity (Wildman–Crippen MR) is 78.7 cm³/mol. The zero-order valence-electron chi connectivity index (χ0n) is 11.2. The van der Waals surface area contributed by atoms with Gasteiger partial charge in [0.05, 0.1) is 11.5 Å². The summed E-state index contributed by atoms with van der Waals surface area (Å²) in [4.78, 5) is 25.9. The summed E-state index contributed by atoms with van der Waals surface area (Å²) < 4.78 is 1.49. The van der Waals surface area contributed by atoms with Crippen molar-refractivity contribution in [2.45, 2.75) is 8.68 Å². The smallest absolute Gasteiger partial charge is 0.232 e. The maximum absolute atomic E-state index is 11.4. The molecular weight excluding hydrogens is 304 g/mol. The van der Waals surface area contributed by atoms with Crippen molar-refractivity contribution in [3.8, 4) is 0 Å². The average Bonchev–Trinajstić information content (AvgIpc) is 2.80. The number of thioether (sulfide) groups is 2. The molecule has 0 bridgehead atoms. The van der Waals surface area contributed by atoms with Crippen LogP contribution in [0.3, 0.4) is 0 Å². The summed E-state index contributed by atoms with van der Waals surface area (Å²) in [5.74, 6) is 0.778. The third kappa shape index (κ3) is 5.79. The Morgan fingerprint density at radius 1 is 0.947 bits per heavy atom. The van der Waals surface area contributed by atoms with Crippen molar-refractivity contribution in [2.75, 3.05) is 39.7 Å². The first-order valence-electron chi connectivity index (χ1n) is 5.39. The van der Waals surface area contributed by atoms with Gasteiger partial charge in [-0.15, -0.1) is 10.2 Å². The summed E-state index contributed by atoms with van der Waals surface area (Å²) in [6, 6.07) is 0. The fraction of sp³-hybridized carbons (Fsp3) is 0.600. The Morgan fingerprint density at radius 3 is 1.63 bits per heavy atom. The van der Waals surface area contributed by atoms with E-state index in [1.807, 2.05) is 0 Å². The quantitative estimate of drug-likeness (QED) is 0.726. The molecule has 1 aromatic rings. The van der Waals surface area contributed by atoms with Crippen LogP contribution in [0.2, 0.25) is 0 Å². The van der Waals surface area contributed by atoms with Gasteiger partial charge in [0.15, 0.2) is 8.68 Å². The van der Waals surface area contributed by atoms with Gasteiger partial charge in [-0.1, -0.05) is 34.9 Å². The van der Waals surface area contributed by atoms with Gasteiger partial charge in [-0.25, -0.2) is 0 Å². The van der Waals surface area contributed by atoms with Crippen LogP contribution in [0.5, 0.6) is 0 Å². The second-order valence-electron chi connectivity index (χ2n) is 3.99. The molecule has 0 aliphatic carbocycles. The van der Waals surface area contributed by atoms with Crippen LogP contribution >= 0.6 is 34.9 Å². The summed E-state index contributed by atoms with van der Waals surface area (Å²) in [7, 11) is 6.88. The molecule has 9 heteroatoms. The molecule has 0 saturated carbocycles. The van der Waals surface area contributed by atoms with Gasteiger partial charge in [-0.05, 0) is 0 Å². The van der Waals surface area contributed by atoms with E-state index in [0.717, 1.165) is 8.68 Å². The van der Waals surface area contributed by atoms with E-state index in [-0.39, 0.29) is 11.8 Å². The Morgan fingerprint density at radius 2 is 1.32 bits per heavy atom. The molecule has 1 rings (SSSR count). The normalized spacial score (nSPS) is 10.3. The topological polar surface area (TPSA) is 66.4 Å². The first kappa shape index (κ1) is 16.3. The van der Waals surface area contributed by atoms with Gasteiger partial charge in [-0.2, -0.15) is 0 Å². The molecule has 19 heavy (non-hydrogen) atoms. The highest BCUT2D eigenvalue weighted by Crippen LogP contribution is 2.28. The molecule has 0 atom stereocenters. The van der Waals surface area contributed by atoms with E-state index < -0.39 is 0 Å². The lowest BCUT2D eigenvalue weighted by atomic mass is 10.6. The molecule has 106 valence electrons. The lowest BCUT2D eigenvalue weighted by molar-refractivity contribution is -0.126. The minimum atomic E-state index is 0.0391. The van der Waals surface area contributed by atoms with Crippen LogP contribution in [-0.4, -0.2) is 71.5 Å². The van der Waals surface area contributed by atoms with Gasteiger partial charge in [0.25, 0.3) is 0 Å². The van der Waals surface area contributed by atoms with Crippen LogP contribution in [0.4, 0.5) is 0 Å². The van der Waals surface area contributed by atoms with Crippen LogP contribution < -0.4 is 0 Å². The standard InChI is InChI=1S/C10H16N4O2S3/c1-13(2)7(15)5-17-9-11-12-10(19-9)18-6-8(16)14(3)4/h5-6H2,1-4H3. The van der Waals surface area contributed by atoms with Crippen LogP contribution in [-0.2, 0) is 9.59 Å². The van der Waals surface area contributed by atoms with Crippen molar-refractivity contribution in [1.29, 1.82) is 0 Å². The Hall–Kier alpha value is -0.800. The number of rotatable bonds is 6. The Balaban J connectivity index is 2.40. The molecule has 0 aliphatic heterocycles.